The monoisotopic (exact) mass is 234 g/mol. The molecule has 0 spiro atoms. The van der Waals surface area contributed by atoms with Crippen LogP contribution in [0.3, 0.4) is 0 Å². The Hall–Kier alpha value is 0.544. The van der Waals surface area contributed by atoms with Crippen molar-refractivity contribution in [1.29, 1.82) is 0 Å². The minimum atomic E-state index is 0. The van der Waals surface area contributed by atoms with Gasteiger partial charge in [-0.05, 0) is 12.8 Å². The molecule has 2 rings (SSSR count). The average molecular weight is 234 g/mol. The summed E-state index contributed by atoms with van der Waals surface area (Å²) in [6.07, 6.45) is 7.06. The normalized spacial score (nSPS) is 33.6. The molecule has 0 amide bonds. The molecule has 1 saturated carbocycles. The Morgan fingerprint density at radius 2 is 2.00 bits per heavy atom. The minimum absolute atomic E-state index is 0. The Morgan fingerprint density at radius 1 is 1.36 bits per heavy atom. The number of hydrogen-bond acceptors (Lipinski definition) is 1. The van der Waals surface area contributed by atoms with Crippen molar-refractivity contribution in [2.45, 2.75) is 53.1 Å². The van der Waals surface area contributed by atoms with E-state index in [2.05, 4.69) is 20.3 Å². The maximum Gasteiger partial charge on any atom is 0.0554 e. The predicted octanol–water partition coefficient (Wildman–Crippen LogP) is 3.44. The summed E-state index contributed by atoms with van der Waals surface area (Å²) in [6.45, 7) is 9.52. The summed E-state index contributed by atoms with van der Waals surface area (Å²) in [5.74, 6) is 0.718. The first-order valence-corrected chi connectivity index (χ1v) is 5.68. The second-order valence-corrected chi connectivity index (χ2v) is 4.45. The largest absolute Gasteiger partial charge is 0.380 e. The first kappa shape index (κ1) is 14.5. The average Bonchev–Trinajstić information content (AvgIpc) is 2.65. The van der Waals surface area contributed by atoms with Gasteiger partial charge in [-0.3, -0.25) is 0 Å². The van der Waals surface area contributed by atoms with Crippen molar-refractivity contribution in [3.8, 4) is 0 Å². The van der Waals surface area contributed by atoms with Gasteiger partial charge in [-0.25, -0.2) is 0 Å². The molecular weight excluding hydrogens is 211 g/mol. The Balaban J connectivity index is 0.000000531. The van der Waals surface area contributed by atoms with Gasteiger partial charge in [0.15, 0.2) is 0 Å². The zero-order chi connectivity index (χ0) is 9.90. The van der Waals surface area contributed by atoms with Gasteiger partial charge >= 0.3 is 0 Å². The number of ether oxygens (including phenoxy) is 1. The molecule has 2 unspecified atom stereocenters. The fourth-order valence-corrected chi connectivity index (χ4v) is 2.57. The van der Waals surface area contributed by atoms with Crippen LogP contribution in [0.25, 0.3) is 0 Å². The van der Waals surface area contributed by atoms with Gasteiger partial charge in [0.25, 0.3) is 0 Å². The smallest absolute Gasteiger partial charge is 0.0554 e. The molecule has 14 heavy (non-hydrogen) atoms. The van der Waals surface area contributed by atoms with Crippen molar-refractivity contribution in [1.82, 2.24) is 0 Å². The third kappa shape index (κ3) is 3.29. The molecule has 2 aliphatic rings. The molecule has 0 aromatic heterocycles. The Morgan fingerprint density at radius 3 is 2.29 bits per heavy atom. The number of hydrogen-bond donors (Lipinski definition) is 0. The summed E-state index contributed by atoms with van der Waals surface area (Å²) in [5, 5.41) is 0. The van der Waals surface area contributed by atoms with Crippen molar-refractivity contribution in [3.63, 3.8) is 0 Å². The molecule has 2 heteroatoms. The van der Waals surface area contributed by atoms with Crippen LogP contribution in [0.1, 0.15) is 47.0 Å². The molecule has 1 nitrogen and oxygen atoms in total. The summed E-state index contributed by atoms with van der Waals surface area (Å²) >= 11 is 0. The Kier molecular flexibility index (Phi) is 6.44. The summed E-state index contributed by atoms with van der Waals surface area (Å²) in [5.41, 5.74) is 0.485. The van der Waals surface area contributed by atoms with Crippen molar-refractivity contribution < 1.29 is 23.3 Å². The minimum Gasteiger partial charge on any atom is -0.380 e. The first-order chi connectivity index (χ1) is 6.20. The fraction of sp³-hybridized carbons (Fsp3) is 0.917. The van der Waals surface area contributed by atoms with E-state index in [1.807, 2.05) is 13.8 Å². The SMILES string of the molecule is CC.CC(C)[CH-]C12CCC(C1)OC2.[V]. The van der Waals surface area contributed by atoms with E-state index in [9.17, 15) is 0 Å². The maximum absolute atomic E-state index is 5.62. The van der Waals surface area contributed by atoms with Crippen molar-refractivity contribution in [3.05, 3.63) is 6.42 Å². The second kappa shape index (κ2) is 6.20. The van der Waals surface area contributed by atoms with Crippen LogP contribution < -0.4 is 0 Å². The van der Waals surface area contributed by atoms with E-state index in [1.165, 1.54) is 19.3 Å². The molecule has 2 bridgehead atoms. The van der Waals surface area contributed by atoms with E-state index in [0.717, 1.165) is 12.5 Å². The van der Waals surface area contributed by atoms with Gasteiger partial charge in [-0.2, -0.15) is 5.92 Å². The molecule has 1 radical (unpaired) electrons. The standard InChI is InChI=1S/C10H17O.C2H6.V/c1-8(2)5-10-4-3-9(6-10)11-7-10;1-2;/h5,8-9H,3-4,6-7H2,1-2H3;1-2H3;/q-1;;. The zero-order valence-electron chi connectivity index (χ0n) is 9.92. The van der Waals surface area contributed by atoms with E-state index in [0.29, 0.717) is 11.5 Å². The quantitative estimate of drug-likeness (QED) is 0.665. The Labute approximate surface area is 101 Å². The van der Waals surface area contributed by atoms with E-state index in [1.54, 1.807) is 0 Å². The molecule has 83 valence electrons. The topological polar surface area (TPSA) is 9.23 Å². The van der Waals surface area contributed by atoms with Gasteiger partial charge in [0.05, 0.1) is 6.10 Å². The summed E-state index contributed by atoms with van der Waals surface area (Å²) in [7, 11) is 0. The molecule has 0 N–H and O–H groups in total. The van der Waals surface area contributed by atoms with Gasteiger partial charge in [-0.15, -0.1) is 5.41 Å². The molecule has 0 aromatic carbocycles. The van der Waals surface area contributed by atoms with Crippen LogP contribution in [0.15, 0.2) is 0 Å². The van der Waals surface area contributed by atoms with Crippen LogP contribution in [0, 0.1) is 17.8 Å². The van der Waals surface area contributed by atoms with E-state index >= 15 is 0 Å². The van der Waals surface area contributed by atoms with Crippen LogP contribution in [0.2, 0.25) is 0 Å². The van der Waals surface area contributed by atoms with Crippen LogP contribution in [0.5, 0.6) is 0 Å². The van der Waals surface area contributed by atoms with Gasteiger partial charge in [0.2, 0.25) is 0 Å². The number of fused-ring (bicyclic) bond motifs is 2. The predicted molar refractivity (Wildman–Crippen MR) is 56.5 cm³/mol. The summed E-state index contributed by atoms with van der Waals surface area (Å²) in [6, 6.07) is 0. The summed E-state index contributed by atoms with van der Waals surface area (Å²) in [4.78, 5) is 0. The molecule has 2 fully saturated rings. The first-order valence-electron chi connectivity index (χ1n) is 5.68. The van der Waals surface area contributed by atoms with Crippen molar-refractivity contribution in [2.24, 2.45) is 11.3 Å². The van der Waals surface area contributed by atoms with Crippen LogP contribution in [-0.2, 0) is 23.3 Å². The van der Waals surface area contributed by atoms with Gasteiger partial charge in [0.1, 0.15) is 0 Å². The Bertz CT molecular complexity index is 148. The molecule has 1 aliphatic heterocycles. The van der Waals surface area contributed by atoms with E-state index < -0.39 is 0 Å². The van der Waals surface area contributed by atoms with Crippen LogP contribution in [-0.4, -0.2) is 12.7 Å². The second-order valence-electron chi connectivity index (χ2n) is 4.45. The van der Waals surface area contributed by atoms with Gasteiger partial charge < -0.3 is 11.2 Å². The maximum atomic E-state index is 5.62. The molecular formula is C12H23OV-. The molecule has 1 aliphatic carbocycles. The molecule has 1 saturated heterocycles. The van der Waals surface area contributed by atoms with E-state index in [4.69, 9.17) is 4.74 Å². The number of rotatable bonds is 2. The third-order valence-electron chi connectivity index (χ3n) is 2.89. The zero-order valence-corrected chi connectivity index (χ0v) is 11.3. The van der Waals surface area contributed by atoms with Crippen molar-refractivity contribution in [2.75, 3.05) is 6.61 Å². The summed E-state index contributed by atoms with van der Waals surface area (Å²) < 4.78 is 5.62. The molecule has 1 heterocycles. The van der Waals surface area contributed by atoms with Gasteiger partial charge in [-0.1, -0.05) is 34.1 Å². The van der Waals surface area contributed by atoms with E-state index in [-0.39, 0.29) is 18.6 Å². The third-order valence-corrected chi connectivity index (χ3v) is 2.89. The molecule has 0 aromatic rings. The van der Waals surface area contributed by atoms with Gasteiger partial charge in [0, 0.05) is 25.2 Å². The van der Waals surface area contributed by atoms with Crippen LogP contribution >= 0.6 is 0 Å². The van der Waals surface area contributed by atoms with Crippen LogP contribution in [0.4, 0.5) is 0 Å². The van der Waals surface area contributed by atoms with Crippen molar-refractivity contribution >= 4 is 0 Å². The molecule has 2 atom stereocenters. The fourth-order valence-electron chi connectivity index (χ4n) is 2.57.